The third-order valence-corrected chi connectivity index (χ3v) is 8.38. The van der Waals surface area contributed by atoms with Crippen molar-refractivity contribution in [1.29, 1.82) is 0 Å². The first-order valence-electron chi connectivity index (χ1n) is 14.4. The van der Waals surface area contributed by atoms with Crippen LogP contribution in [0.1, 0.15) is 69.6 Å². The number of nitrogens with zero attached hydrogens (tertiary/aromatic N) is 1. The molecule has 2 amide bonds. The molecule has 1 N–H and O–H groups in total. The van der Waals surface area contributed by atoms with E-state index in [0.717, 1.165) is 36.8 Å². The van der Waals surface area contributed by atoms with E-state index in [1.54, 1.807) is 17.0 Å². The van der Waals surface area contributed by atoms with Gasteiger partial charge in [-0.2, -0.15) is 0 Å². The van der Waals surface area contributed by atoms with Crippen LogP contribution in [0.2, 0.25) is 10.0 Å². The van der Waals surface area contributed by atoms with Gasteiger partial charge in [0.1, 0.15) is 11.8 Å². The summed E-state index contributed by atoms with van der Waals surface area (Å²) in [4.78, 5) is 29.4. The van der Waals surface area contributed by atoms with Crippen LogP contribution in [0.3, 0.4) is 0 Å². The van der Waals surface area contributed by atoms with Crippen molar-refractivity contribution < 1.29 is 14.3 Å². The van der Waals surface area contributed by atoms with Crippen LogP contribution in [0, 0.1) is 0 Å². The van der Waals surface area contributed by atoms with Crippen molar-refractivity contribution in [2.45, 2.75) is 83.3 Å². The average molecular weight is 596 g/mol. The van der Waals surface area contributed by atoms with E-state index in [2.05, 4.69) is 26.1 Å². The highest BCUT2D eigenvalue weighted by Crippen LogP contribution is 2.26. The summed E-state index contributed by atoms with van der Waals surface area (Å²) in [5.74, 6) is 0.173. The van der Waals surface area contributed by atoms with Crippen LogP contribution in [0.25, 0.3) is 0 Å². The lowest BCUT2D eigenvalue weighted by Crippen LogP contribution is -2.53. The number of carbonyl (C=O) groups excluding carboxylic acids is 2. The van der Waals surface area contributed by atoms with Gasteiger partial charge in [0.05, 0.1) is 10.0 Å². The monoisotopic (exact) mass is 594 g/mol. The predicted octanol–water partition coefficient (Wildman–Crippen LogP) is 7.76. The molecule has 3 aromatic carbocycles. The standard InChI is InChI=1S/C34H40Cl2N2O3/c1-34(2,3)26-15-17-28(18-16-26)41-23-32(39)38(22-25-14-19-29(35)30(36)20-25)31(21-24-10-6-4-7-11-24)33(40)37-27-12-8-5-9-13-27/h4,6-7,10-11,14-20,27,31H,5,8-9,12-13,21-23H2,1-3H3,(H,37,40)/t31-/m1/s1. The molecule has 0 unspecified atom stereocenters. The molecule has 4 rings (SSSR count). The first-order valence-corrected chi connectivity index (χ1v) is 15.2. The number of ether oxygens (including phenoxy) is 1. The van der Waals surface area contributed by atoms with Gasteiger partial charge in [0.2, 0.25) is 5.91 Å². The molecule has 0 bridgehead atoms. The van der Waals surface area contributed by atoms with Crippen LogP contribution >= 0.6 is 23.2 Å². The zero-order valence-electron chi connectivity index (χ0n) is 24.2. The largest absolute Gasteiger partial charge is 0.484 e. The summed E-state index contributed by atoms with van der Waals surface area (Å²) in [6.07, 6.45) is 5.68. The molecule has 0 saturated heterocycles. The summed E-state index contributed by atoms with van der Waals surface area (Å²) in [5.41, 5.74) is 2.95. The van der Waals surface area contributed by atoms with Crippen molar-refractivity contribution in [3.63, 3.8) is 0 Å². The molecular weight excluding hydrogens is 555 g/mol. The summed E-state index contributed by atoms with van der Waals surface area (Å²) in [5, 5.41) is 4.09. The number of amides is 2. The molecule has 1 saturated carbocycles. The van der Waals surface area contributed by atoms with E-state index >= 15 is 0 Å². The van der Waals surface area contributed by atoms with E-state index in [4.69, 9.17) is 27.9 Å². The van der Waals surface area contributed by atoms with E-state index in [0.29, 0.717) is 22.2 Å². The van der Waals surface area contributed by atoms with Crippen LogP contribution < -0.4 is 10.1 Å². The highest BCUT2D eigenvalue weighted by molar-refractivity contribution is 6.42. The van der Waals surface area contributed by atoms with Gasteiger partial charge in [-0.15, -0.1) is 0 Å². The summed E-state index contributed by atoms with van der Waals surface area (Å²) in [6, 6.07) is 22.3. The van der Waals surface area contributed by atoms with Gasteiger partial charge in [0, 0.05) is 19.0 Å². The van der Waals surface area contributed by atoms with Crippen molar-refractivity contribution in [2.75, 3.05) is 6.61 Å². The number of rotatable bonds is 10. The van der Waals surface area contributed by atoms with Gasteiger partial charge >= 0.3 is 0 Å². The second-order valence-electron chi connectivity index (χ2n) is 11.9. The Morgan fingerprint density at radius 1 is 0.902 bits per heavy atom. The zero-order valence-corrected chi connectivity index (χ0v) is 25.7. The smallest absolute Gasteiger partial charge is 0.261 e. The van der Waals surface area contributed by atoms with Gasteiger partial charge in [-0.3, -0.25) is 9.59 Å². The van der Waals surface area contributed by atoms with E-state index in [9.17, 15) is 9.59 Å². The van der Waals surface area contributed by atoms with Crippen LogP contribution in [-0.2, 0) is 28.0 Å². The van der Waals surface area contributed by atoms with Gasteiger partial charge < -0.3 is 15.0 Å². The lowest BCUT2D eigenvalue weighted by molar-refractivity contribution is -0.143. The van der Waals surface area contributed by atoms with Crippen LogP contribution in [0.15, 0.2) is 72.8 Å². The van der Waals surface area contributed by atoms with Crippen LogP contribution in [0.5, 0.6) is 5.75 Å². The summed E-state index contributed by atoms with van der Waals surface area (Å²) >= 11 is 12.5. The molecule has 7 heteroatoms. The minimum atomic E-state index is -0.729. The first kappa shape index (κ1) is 30.9. The van der Waals surface area contributed by atoms with Gasteiger partial charge in [-0.05, 0) is 59.2 Å². The molecule has 0 aromatic heterocycles. The summed E-state index contributed by atoms with van der Waals surface area (Å²) in [7, 11) is 0. The molecule has 0 spiro atoms. The lowest BCUT2D eigenvalue weighted by Gasteiger charge is -2.33. The van der Waals surface area contributed by atoms with E-state index < -0.39 is 6.04 Å². The maximum absolute atomic E-state index is 13.9. The Morgan fingerprint density at radius 2 is 1.59 bits per heavy atom. The molecule has 1 fully saturated rings. The van der Waals surface area contributed by atoms with Crippen molar-refractivity contribution in [1.82, 2.24) is 10.2 Å². The topological polar surface area (TPSA) is 58.6 Å². The van der Waals surface area contributed by atoms with Gasteiger partial charge in [-0.25, -0.2) is 0 Å². The Kier molecular flexibility index (Phi) is 10.7. The number of nitrogens with one attached hydrogen (secondary N) is 1. The fourth-order valence-corrected chi connectivity index (χ4v) is 5.53. The van der Waals surface area contributed by atoms with Crippen molar-refractivity contribution in [3.8, 4) is 5.75 Å². The molecule has 1 aliphatic carbocycles. The number of hydrogen-bond acceptors (Lipinski definition) is 3. The minimum Gasteiger partial charge on any atom is -0.484 e. The quantitative estimate of drug-likeness (QED) is 0.261. The number of benzene rings is 3. The number of halogens is 2. The van der Waals surface area contributed by atoms with Crippen LogP contribution in [-0.4, -0.2) is 35.4 Å². The predicted molar refractivity (Wildman–Crippen MR) is 167 cm³/mol. The van der Waals surface area contributed by atoms with E-state index in [1.807, 2.05) is 60.7 Å². The molecule has 5 nitrogen and oxygen atoms in total. The fraction of sp³-hybridized carbons (Fsp3) is 0.412. The van der Waals surface area contributed by atoms with Gasteiger partial charge in [0.25, 0.3) is 5.91 Å². The van der Waals surface area contributed by atoms with Crippen molar-refractivity contribution in [2.24, 2.45) is 0 Å². The fourth-order valence-electron chi connectivity index (χ4n) is 5.21. The summed E-state index contributed by atoms with van der Waals surface area (Å²) in [6.45, 7) is 6.45. The Labute approximate surface area is 254 Å². The zero-order chi connectivity index (χ0) is 29.4. The molecule has 0 radical (unpaired) electrons. The van der Waals surface area contributed by atoms with E-state index in [1.165, 1.54) is 12.0 Å². The molecule has 0 aliphatic heterocycles. The van der Waals surface area contributed by atoms with E-state index in [-0.39, 0.29) is 36.4 Å². The molecule has 0 heterocycles. The molecule has 1 atom stereocenters. The molecule has 218 valence electrons. The Balaban J connectivity index is 1.60. The number of carbonyl (C=O) groups is 2. The number of hydrogen-bond donors (Lipinski definition) is 1. The highest BCUT2D eigenvalue weighted by Gasteiger charge is 2.32. The van der Waals surface area contributed by atoms with Gasteiger partial charge in [0.15, 0.2) is 6.61 Å². The SMILES string of the molecule is CC(C)(C)c1ccc(OCC(=O)N(Cc2ccc(Cl)c(Cl)c2)[C@H](Cc2ccccc2)C(=O)NC2CCCCC2)cc1. The minimum absolute atomic E-state index is 0.0152. The average Bonchev–Trinajstić information content (AvgIpc) is 2.96. The normalized spacial score (nSPS) is 14.8. The molecule has 1 aliphatic rings. The maximum atomic E-state index is 13.9. The van der Waals surface area contributed by atoms with Crippen molar-refractivity contribution in [3.05, 3.63) is 99.5 Å². The molecular formula is C34H40Cl2N2O3. The first-order chi connectivity index (χ1) is 19.6. The Morgan fingerprint density at radius 3 is 2.22 bits per heavy atom. The Hall–Kier alpha value is -3.02. The molecule has 41 heavy (non-hydrogen) atoms. The summed E-state index contributed by atoms with van der Waals surface area (Å²) < 4.78 is 5.96. The lowest BCUT2D eigenvalue weighted by atomic mass is 9.87. The maximum Gasteiger partial charge on any atom is 0.261 e. The Bertz CT molecular complexity index is 1300. The van der Waals surface area contributed by atoms with Crippen molar-refractivity contribution >= 4 is 35.0 Å². The van der Waals surface area contributed by atoms with Crippen LogP contribution in [0.4, 0.5) is 0 Å². The van der Waals surface area contributed by atoms with Gasteiger partial charge in [-0.1, -0.05) is 112 Å². The second-order valence-corrected chi connectivity index (χ2v) is 12.7. The molecule has 3 aromatic rings. The third-order valence-electron chi connectivity index (χ3n) is 7.64. The second kappa shape index (κ2) is 14.2. The highest BCUT2D eigenvalue weighted by atomic mass is 35.5. The third kappa shape index (κ3) is 8.98.